The second kappa shape index (κ2) is 3.68. The van der Waals surface area contributed by atoms with E-state index in [1.807, 2.05) is 0 Å². The molecular weight excluding hydrogens is 196 g/mol. The van der Waals surface area contributed by atoms with Gasteiger partial charge in [-0.15, -0.1) is 0 Å². The molecule has 0 aromatic carbocycles. The first-order chi connectivity index (χ1) is 7.18. The quantitative estimate of drug-likeness (QED) is 0.768. The minimum atomic E-state index is -0.374. The monoisotopic (exact) mass is 206 g/mol. The van der Waals surface area contributed by atoms with Gasteiger partial charge in [0, 0.05) is 0 Å². The first kappa shape index (κ1) is 9.64. The molecule has 0 aliphatic carbocycles. The summed E-state index contributed by atoms with van der Waals surface area (Å²) in [6, 6.07) is 3.47. The highest BCUT2D eigenvalue weighted by atomic mass is 16.5. The van der Waals surface area contributed by atoms with Crippen LogP contribution in [0.25, 0.3) is 11.6 Å². The van der Waals surface area contributed by atoms with Gasteiger partial charge in [0.1, 0.15) is 5.78 Å². The van der Waals surface area contributed by atoms with Crippen molar-refractivity contribution >= 4 is 5.78 Å². The SMILES string of the molecule is CC(=O)C(C)c1nc(-c2ccco2)no1. The predicted molar refractivity (Wildman–Crippen MR) is 51.1 cm³/mol. The number of Topliss-reactive ketones (excluding diaryl/α,β-unsaturated/α-hetero) is 1. The van der Waals surface area contributed by atoms with Crippen LogP contribution in [0, 0.1) is 0 Å². The van der Waals surface area contributed by atoms with Crippen LogP contribution in [0.15, 0.2) is 27.3 Å². The lowest BCUT2D eigenvalue weighted by Gasteiger charge is -1.97. The van der Waals surface area contributed by atoms with Crippen molar-refractivity contribution in [2.45, 2.75) is 19.8 Å². The lowest BCUT2D eigenvalue weighted by molar-refractivity contribution is -0.118. The van der Waals surface area contributed by atoms with Crippen LogP contribution in [0.3, 0.4) is 0 Å². The fourth-order valence-electron chi connectivity index (χ4n) is 1.09. The fraction of sp³-hybridized carbons (Fsp3) is 0.300. The zero-order valence-corrected chi connectivity index (χ0v) is 8.43. The Bertz CT molecular complexity index is 459. The molecule has 2 aromatic rings. The number of carbonyl (C=O) groups is 1. The summed E-state index contributed by atoms with van der Waals surface area (Å²) < 4.78 is 10.1. The minimum absolute atomic E-state index is 0.00959. The van der Waals surface area contributed by atoms with Crippen molar-refractivity contribution in [2.24, 2.45) is 0 Å². The number of hydrogen-bond acceptors (Lipinski definition) is 5. The van der Waals surface area contributed by atoms with Crippen LogP contribution in [-0.2, 0) is 4.79 Å². The summed E-state index contributed by atoms with van der Waals surface area (Å²) in [7, 11) is 0. The van der Waals surface area contributed by atoms with Crippen molar-refractivity contribution in [1.29, 1.82) is 0 Å². The molecule has 0 saturated carbocycles. The van der Waals surface area contributed by atoms with Gasteiger partial charge >= 0.3 is 0 Å². The summed E-state index contributed by atoms with van der Waals surface area (Å²) >= 11 is 0. The van der Waals surface area contributed by atoms with E-state index in [0.29, 0.717) is 17.5 Å². The van der Waals surface area contributed by atoms with Crippen molar-refractivity contribution < 1.29 is 13.7 Å². The van der Waals surface area contributed by atoms with Crippen LogP contribution in [-0.4, -0.2) is 15.9 Å². The highest BCUT2D eigenvalue weighted by Crippen LogP contribution is 2.20. The van der Waals surface area contributed by atoms with Crippen LogP contribution in [0.2, 0.25) is 0 Å². The van der Waals surface area contributed by atoms with E-state index in [-0.39, 0.29) is 11.7 Å². The third kappa shape index (κ3) is 1.81. The molecule has 0 spiro atoms. The fourth-order valence-corrected chi connectivity index (χ4v) is 1.09. The maximum Gasteiger partial charge on any atom is 0.238 e. The molecule has 2 aromatic heterocycles. The Morgan fingerprint density at radius 1 is 1.53 bits per heavy atom. The molecule has 0 N–H and O–H groups in total. The van der Waals surface area contributed by atoms with Crippen LogP contribution >= 0.6 is 0 Å². The van der Waals surface area contributed by atoms with Gasteiger partial charge in [-0.1, -0.05) is 5.16 Å². The Labute approximate surface area is 86.1 Å². The van der Waals surface area contributed by atoms with Crippen molar-refractivity contribution in [2.75, 3.05) is 0 Å². The van der Waals surface area contributed by atoms with E-state index < -0.39 is 0 Å². The molecule has 0 radical (unpaired) electrons. The van der Waals surface area contributed by atoms with Crippen LogP contribution in [0.5, 0.6) is 0 Å². The van der Waals surface area contributed by atoms with E-state index in [1.165, 1.54) is 13.2 Å². The highest BCUT2D eigenvalue weighted by molar-refractivity contribution is 5.81. The van der Waals surface area contributed by atoms with Gasteiger partial charge in [0.2, 0.25) is 11.7 Å². The van der Waals surface area contributed by atoms with E-state index in [1.54, 1.807) is 19.1 Å². The summed E-state index contributed by atoms with van der Waals surface area (Å²) in [5.41, 5.74) is 0. The van der Waals surface area contributed by atoms with Gasteiger partial charge in [-0.25, -0.2) is 0 Å². The van der Waals surface area contributed by atoms with E-state index >= 15 is 0 Å². The smallest absolute Gasteiger partial charge is 0.238 e. The molecule has 0 bridgehead atoms. The topological polar surface area (TPSA) is 69.1 Å². The van der Waals surface area contributed by atoms with Crippen molar-refractivity contribution in [3.05, 3.63) is 24.3 Å². The lowest BCUT2D eigenvalue weighted by Crippen LogP contribution is -2.04. The summed E-state index contributed by atoms with van der Waals surface area (Å²) in [6.45, 7) is 3.21. The number of nitrogens with zero attached hydrogens (tertiary/aromatic N) is 2. The Morgan fingerprint density at radius 3 is 2.93 bits per heavy atom. The predicted octanol–water partition coefficient (Wildman–Crippen LogP) is 2.02. The average Bonchev–Trinajstić information content (AvgIpc) is 2.86. The Balaban J connectivity index is 2.28. The summed E-state index contributed by atoms with van der Waals surface area (Å²) in [4.78, 5) is 15.2. The molecule has 1 unspecified atom stereocenters. The first-order valence-corrected chi connectivity index (χ1v) is 4.56. The molecule has 1 atom stereocenters. The molecular formula is C10H10N2O3. The third-order valence-electron chi connectivity index (χ3n) is 2.16. The van der Waals surface area contributed by atoms with Crippen LogP contribution in [0.1, 0.15) is 25.7 Å². The van der Waals surface area contributed by atoms with Gasteiger partial charge in [0.15, 0.2) is 5.76 Å². The maximum absolute atomic E-state index is 11.1. The molecule has 0 aliphatic rings. The summed E-state index contributed by atoms with van der Waals surface area (Å²) in [6.07, 6.45) is 1.53. The van der Waals surface area contributed by atoms with Gasteiger partial charge in [0.05, 0.1) is 12.2 Å². The number of carbonyl (C=O) groups excluding carboxylic acids is 1. The Hall–Kier alpha value is -1.91. The van der Waals surface area contributed by atoms with Gasteiger partial charge < -0.3 is 8.94 Å². The molecule has 5 heteroatoms. The van der Waals surface area contributed by atoms with Gasteiger partial charge in [0.25, 0.3) is 0 Å². The summed E-state index contributed by atoms with van der Waals surface area (Å²) in [5.74, 6) is 0.823. The second-order valence-corrected chi connectivity index (χ2v) is 3.27. The summed E-state index contributed by atoms with van der Waals surface area (Å²) in [5, 5.41) is 3.73. The second-order valence-electron chi connectivity index (χ2n) is 3.27. The minimum Gasteiger partial charge on any atom is -0.461 e. The standard InChI is InChI=1S/C10H10N2O3/c1-6(7(2)13)10-11-9(12-15-10)8-4-3-5-14-8/h3-6H,1-2H3. The van der Waals surface area contributed by atoms with E-state index in [9.17, 15) is 4.79 Å². The number of aromatic nitrogens is 2. The number of rotatable bonds is 3. The zero-order valence-electron chi connectivity index (χ0n) is 8.43. The zero-order chi connectivity index (χ0) is 10.8. The van der Waals surface area contributed by atoms with Crippen molar-refractivity contribution in [3.8, 4) is 11.6 Å². The Kier molecular flexibility index (Phi) is 2.37. The maximum atomic E-state index is 11.1. The first-order valence-electron chi connectivity index (χ1n) is 4.56. The molecule has 2 rings (SSSR count). The average molecular weight is 206 g/mol. The largest absolute Gasteiger partial charge is 0.461 e. The molecule has 0 amide bonds. The Morgan fingerprint density at radius 2 is 2.33 bits per heavy atom. The van der Waals surface area contributed by atoms with Crippen LogP contribution in [0.4, 0.5) is 0 Å². The van der Waals surface area contributed by atoms with Crippen molar-refractivity contribution in [3.63, 3.8) is 0 Å². The molecule has 0 fully saturated rings. The van der Waals surface area contributed by atoms with Gasteiger partial charge in [-0.05, 0) is 26.0 Å². The van der Waals surface area contributed by atoms with E-state index in [4.69, 9.17) is 8.94 Å². The van der Waals surface area contributed by atoms with Gasteiger partial charge in [-0.2, -0.15) is 4.98 Å². The number of hydrogen-bond donors (Lipinski definition) is 0. The third-order valence-corrected chi connectivity index (χ3v) is 2.16. The van der Waals surface area contributed by atoms with E-state index in [2.05, 4.69) is 10.1 Å². The molecule has 2 heterocycles. The van der Waals surface area contributed by atoms with E-state index in [0.717, 1.165) is 0 Å². The van der Waals surface area contributed by atoms with Gasteiger partial charge in [-0.3, -0.25) is 4.79 Å². The molecule has 78 valence electrons. The molecule has 0 saturated heterocycles. The normalized spacial score (nSPS) is 12.7. The number of ketones is 1. The molecule has 5 nitrogen and oxygen atoms in total. The van der Waals surface area contributed by atoms with Crippen molar-refractivity contribution in [1.82, 2.24) is 10.1 Å². The number of furan rings is 1. The molecule has 0 aliphatic heterocycles. The molecule has 15 heavy (non-hydrogen) atoms. The highest BCUT2D eigenvalue weighted by Gasteiger charge is 2.19. The van der Waals surface area contributed by atoms with Crippen LogP contribution < -0.4 is 0 Å². The lowest BCUT2D eigenvalue weighted by atomic mass is 10.1.